The van der Waals surface area contributed by atoms with Gasteiger partial charge in [-0.3, -0.25) is 9.59 Å². The number of nitrogens with one attached hydrogen (secondary N) is 1. The maximum Gasteiger partial charge on any atom is 0.227 e. The molecule has 0 atom stereocenters. The first-order chi connectivity index (χ1) is 9.35. The van der Waals surface area contributed by atoms with Crippen molar-refractivity contribution in [2.45, 2.75) is 40.0 Å². The van der Waals surface area contributed by atoms with Crippen LogP contribution < -0.4 is 10.2 Å². The highest BCUT2D eigenvalue weighted by Gasteiger charge is 2.21. The quantitative estimate of drug-likeness (QED) is 0.920. The van der Waals surface area contributed by atoms with Gasteiger partial charge in [0.2, 0.25) is 11.8 Å². The van der Waals surface area contributed by atoms with Crippen molar-refractivity contribution in [3.8, 4) is 0 Å². The molecule has 0 unspecified atom stereocenters. The van der Waals surface area contributed by atoms with Crippen molar-refractivity contribution in [1.82, 2.24) is 0 Å². The number of anilines is 2. The first-order valence-corrected chi connectivity index (χ1v) is 7.05. The SMILES string of the molecule is CC(C)(C)CC(=O)Nc1ccc(N2CCCC2=O)cc1. The Morgan fingerprint density at radius 1 is 1.25 bits per heavy atom. The van der Waals surface area contributed by atoms with Crippen LogP contribution in [0.5, 0.6) is 0 Å². The van der Waals surface area contributed by atoms with Gasteiger partial charge in [-0.2, -0.15) is 0 Å². The van der Waals surface area contributed by atoms with Crippen molar-refractivity contribution in [2.24, 2.45) is 5.41 Å². The molecule has 2 rings (SSSR count). The first-order valence-electron chi connectivity index (χ1n) is 7.05. The molecule has 1 aromatic carbocycles. The molecule has 0 radical (unpaired) electrons. The van der Waals surface area contributed by atoms with E-state index in [2.05, 4.69) is 5.32 Å². The molecule has 1 N–H and O–H groups in total. The molecule has 1 aliphatic rings. The monoisotopic (exact) mass is 274 g/mol. The lowest BCUT2D eigenvalue weighted by molar-refractivity contribution is -0.118. The third-order valence-electron chi connectivity index (χ3n) is 3.23. The summed E-state index contributed by atoms with van der Waals surface area (Å²) in [5.74, 6) is 0.192. The van der Waals surface area contributed by atoms with Crippen molar-refractivity contribution in [2.75, 3.05) is 16.8 Å². The zero-order chi connectivity index (χ0) is 14.8. The van der Waals surface area contributed by atoms with Crippen molar-refractivity contribution in [1.29, 1.82) is 0 Å². The molecule has 1 saturated heterocycles. The third kappa shape index (κ3) is 3.83. The maximum atomic E-state index is 11.8. The molecule has 2 amide bonds. The molecule has 0 aliphatic carbocycles. The molecule has 1 aliphatic heterocycles. The average Bonchev–Trinajstić information content (AvgIpc) is 2.74. The number of rotatable bonds is 3. The summed E-state index contributed by atoms with van der Waals surface area (Å²) >= 11 is 0. The Morgan fingerprint density at radius 3 is 2.40 bits per heavy atom. The predicted octanol–water partition coefficient (Wildman–Crippen LogP) is 3.19. The van der Waals surface area contributed by atoms with Gasteiger partial charge in [0, 0.05) is 30.8 Å². The molecule has 4 heteroatoms. The minimum Gasteiger partial charge on any atom is -0.326 e. The number of nitrogens with zero attached hydrogens (tertiary/aromatic N) is 1. The molecule has 1 heterocycles. The minimum atomic E-state index is -0.0218. The van der Waals surface area contributed by atoms with Crippen LogP contribution in [0.2, 0.25) is 0 Å². The number of hydrogen-bond donors (Lipinski definition) is 1. The fourth-order valence-electron chi connectivity index (χ4n) is 2.33. The summed E-state index contributed by atoms with van der Waals surface area (Å²) in [5.41, 5.74) is 1.65. The van der Waals surface area contributed by atoms with Gasteiger partial charge in [-0.1, -0.05) is 20.8 Å². The second kappa shape index (κ2) is 5.65. The van der Waals surface area contributed by atoms with Gasteiger partial charge in [0.25, 0.3) is 0 Å². The molecule has 1 fully saturated rings. The Hall–Kier alpha value is -1.84. The lowest BCUT2D eigenvalue weighted by Gasteiger charge is -2.18. The van der Waals surface area contributed by atoms with E-state index in [-0.39, 0.29) is 17.2 Å². The van der Waals surface area contributed by atoms with Gasteiger partial charge in [-0.25, -0.2) is 0 Å². The summed E-state index contributed by atoms with van der Waals surface area (Å²) in [6.45, 7) is 6.90. The third-order valence-corrected chi connectivity index (χ3v) is 3.23. The Bertz CT molecular complexity index is 500. The maximum absolute atomic E-state index is 11.8. The second-order valence-electron chi connectivity index (χ2n) is 6.48. The van der Waals surface area contributed by atoms with E-state index in [1.165, 1.54) is 0 Å². The number of benzene rings is 1. The number of carbonyl (C=O) groups is 2. The van der Waals surface area contributed by atoms with E-state index in [1.54, 1.807) is 4.90 Å². The summed E-state index contributed by atoms with van der Waals surface area (Å²) in [6, 6.07) is 7.47. The van der Waals surface area contributed by atoms with E-state index in [1.807, 2.05) is 45.0 Å². The van der Waals surface area contributed by atoms with E-state index >= 15 is 0 Å². The van der Waals surface area contributed by atoms with Gasteiger partial charge in [0.1, 0.15) is 0 Å². The molecular formula is C16H22N2O2. The Labute approximate surface area is 120 Å². The lowest BCUT2D eigenvalue weighted by Crippen LogP contribution is -2.23. The summed E-state index contributed by atoms with van der Waals surface area (Å²) < 4.78 is 0. The normalized spacial score (nSPS) is 15.6. The van der Waals surface area contributed by atoms with Gasteiger partial charge in [0.05, 0.1) is 0 Å². The van der Waals surface area contributed by atoms with E-state index in [0.717, 1.165) is 24.3 Å². The van der Waals surface area contributed by atoms with E-state index in [9.17, 15) is 9.59 Å². The van der Waals surface area contributed by atoms with Crippen LogP contribution in [0.15, 0.2) is 24.3 Å². The number of carbonyl (C=O) groups excluding carboxylic acids is 2. The van der Waals surface area contributed by atoms with Crippen LogP contribution in [0, 0.1) is 5.41 Å². The second-order valence-corrected chi connectivity index (χ2v) is 6.48. The largest absolute Gasteiger partial charge is 0.326 e. The van der Waals surface area contributed by atoms with Crippen LogP contribution in [0.3, 0.4) is 0 Å². The fourth-order valence-corrected chi connectivity index (χ4v) is 2.33. The highest BCUT2D eigenvalue weighted by molar-refractivity contribution is 5.96. The minimum absolute atomic E-state index is 0.0162. The summed E-state index contributed by atoms with van der Waals surface area (Å²) in [4.78, 5) is 25.3. The predicted molar refractivity (Wildman–Crippen MR) is 80.7 cm³/mol. The standard InChI is InChI=1S/C16H22N2O2/c1-16(2,3)11-14(19)17-12-6-8-13(9-7-12)18-10-4-5-15(18)20/h6-9H,4-5,10-11H2,1-3H3,(H,17,19). The molecule has 1 aromatic rings. The topological polar surface area (TPSA) is 49.4 Å². The van der Waals surface area contributed by atoms with Crippen molar-refractivity contribution in [3.63, 3.8) is 0 Å². The molecule has 20 heavy (non-hydrogen) atoms. The van der Waals surface area contributed by atoms with Crippen LogP contribution in [0.25, 0.3) is 0 Å². The molecule has 4 nitrogen and oxygen atoms in total. The van der Waals surface area contributed by atoms with Crippen LogP contribution in [0.1, 0.15) is 40.0 Å². The smallest absolute Gasteiger partial charge is 0.227 e. The van der Waals surface area contributed by atoms with Crippen molar-refractivity contribution >= 4 is 23.2 Å². The van der Waals surface area contributed by atoms with Gasteiger partial charge in [0.15, 0.2) is 0 Å². The molecule has 108 valence electrons. The molecule has 0 spiro atoms. The zero-order valence-electron chi connectivity index (χ0n) is 12.4. The Morgan fingerprint density at radius 2 is 1.90 bits per heavy atom. The Kier molecular flexibility index (Phi) is 4.12. The highest BCUT2D eigenvalue weighted by atomic mass is 16.2. The average molecular weight is 274 g/mol. The van der Waals surface area contributed by atoms with E-state index < -0.39 is 0 Å². The number of amides is 2. The fraction of sp³-hybridized carbons (Fsp3) is 0.500. The molecule has 0 aromatic heterocycles. The lowest BCUT2D eigenvalue weighted by atomic mass is 9.92. The van der Waals surface area contributed by atoms with Gasteiger partial charge in [-0.05, 0) is 36.1 Å². The van der Waals surface area contributed by atoms with Crippen molar-refractivity contribution < 1.29 is 9.59 Å². The Balaban J connectivity index is 1.98. The van der Waals surface area contributed by atoms with Crippen LogP contribution in [0.4, 0.5) is 11.4 Å². The molecule has 0 saturated carbocycles. The van der Waals surface area contributed by atoms with E-state index in [0.29, 0.717) is 12.8 Å². The van der Waals surface area contributed by atoms with Gasteiger partial charge >= 0.3 is 0 Å². The zero-order valence-corrected chi connectivity index (χ0v) is 12.4. The van der Waals surface area contributed by atoms with Gasteiger partial charge in [-0.15, -0.1) is 0 Å². The summed E-state index contributed by atoms with van der Waals surface area (Å²) in [7, 11) is 0. The van der Waals surface area contributed by atoms with E-state index in [4.69, 9.17) is 0 Å². The summed E-state index contributed by atoms with van der Waals surface area (Å²) in [6.07, 6.45) is 2.03. The highest BCUT2D eigenvalue weighted by Crippen LogP contribution is 2.24. The van der Waals surface area contributed by atoms with Gasteiger partial charge < -0.3 is 10.2 Å². The summed E-state index contributed by atoms with van der Waals surface area (Å²) in [5, 5.41) is 2.89. The first kappa shape index (κ1) is 14.6. The molecular weight excluding hydrogens is 252 g/mol. The van der Waals surface area contributed by atoms with Crippen molar-refractivity contribution in [3.05, 3.63) is 24.3 Å². The van der Waals surface area contributed by atoms with Crippen LogP contribution in [-0.2, 0) is 9.59 Å². The van der Waals surface area contributed by atoms with Crippen LogP contribution in [-0.4, -0.2) is 18.4 Å². The van der Waals surface area contributed by atoms with Crippen LogP contribution >= 0.6 is 0 Å². The molecule has 0 bridgehead atoms. The number of hydrogen-bond acceptors (Lipinski definition) is 2.